The molecule has 0 saturated carbocycles. The molecule has 0 radical (unpaired) electrons. The standard InChI is InChI=1S/C19H24N2O2/c1-14(8-9-15-10-12-17(23-2)13-11-15)21-18(19(20)22)16-6-4-3-5-7-16/h3-7,10-14,18,21H,8-9H2,1-2H3,(H2,20,22)/t14-,18+/m1/s1. The average molecular weight is 312 g/mol. The van der Waals surface area contributed by atoms with E-state index in [1.165, 1.54) is 5.56 Å². The number of ether oxygens (including phenoxy) is 1. The summed E-state index contributed by atoms with van der Waals surface area (Å²) in [4.78, 5) is 11.7. The lowest BCUT2D eigenvalue weighted by Crippen LogP contribution is -2.38. The summed E-state index contributed by atoms with van der Waals surface area (Å²) in [6, 6.07) is 17.3. The van der Waals surface area contributed by atoms with E-state index in [1.54, 1.807) is 7.11 Å². The van der Waals surface area contributed by atoms with E-state index in [2.05, 4.69) is 24.4 Å². The summed E-state index contributed by atoms with van der Waals surface area (Å²) in [5.74, 6) is 0.505. The van der Waals surface area contributed by atoms with E-state index in [4.69, 9.17) is 10.5 Å². The topological polar surface area (TPSA) is 64.3 Å². The second kappa shape index (κ2) is 8.34. The van der Waals surface area contributed by atoms with Gasteiger partial charge in [-0.2, -0.15) is 0 Å². The van der Waals surface area contributed by atoms with Crippen LogP contribution in [0, 0.1) is 0 Å². The molecule has 4 nitrogen and oxygen atoms in total. The van der Waals surface area contributed by atoms with Crippen molar-refractivity contribution in [3.05, 3.63) is 65.7 Å². The van der Waals surface area contributed by atoms with E-state index in [-0.39, 0.29) is 11.9 Å². The minimum Gasteiger partial charge on any atom is -0.497 e. The van der Waals surface area contributed by atoms with Crippen molar-refractivity contribution < 1.29 is 9.53 Å². The lowest BCUT2D eigenvalue weighted by atomic mass is 10.0. The van der Waals surface area contributed by atoms with Crippen LogP contribution >= 0.6 is 0 Å². The van der Waals surface area contributed by atoms with Crippen LogP contribution in [0.25, 0.3) is 0 Å². The van der Waals surface area contributed by atoms with Crippen LogP contribution in [-0.2, 0) is 11.2 Å². The summed E-state index contributed by atoms with van der Waals surface area (Å²) >= 11 is 0. The maximum Gasteiger partial charge on any atom is 0.239 e. The lowest BCUT2D eigenvalue weighted by Gasteiger charge is -2.21. The zero-order valence-corrected chi connectivity index (χ0v) is 13.7. The predicted molar refractivity (Wildman–Crippen MR) is 92.3 cm³/mol. The summed E-state index contributed by atoms with van der Waals surface area (Å²) < 4.78 is 5.16. The normalized spacial score (nSPS) is 13.3. The van der Waals surface area contributed by atoms with E-state index in [1.807, 2.05) is 42.5 Å². The van der Waals surface area contributed by atoms with E-state index < -0.39 is 6.04 Å². The lowest BCUT2D eigenvalue weighted by molar-refractivity contribution is -0.120. The Labute approximate surface area is 137 Å². The van der Waals surface area contributed by atoms with Gasteiger partial charge in [-0.1, -0.05) is 42.5 Å². The number of primary amides is 1. The summed E-state index contributed by atoms with van der Waals surface area (Å²) in [5.41, 5.74) is 7.69. The van der Waals surface area contributed by atoms with Crippen molar-refractivity contribution in [1.29, 1.82) is 0 Å². The van der Waals surface area contributed by atoms with Crippen LogP contribution in [-0.4, -0.2) is 19.1 Å². The molecule has 2 aromatic rings. The number of aryl methyl sites for hydroxylation is 1. The van der Waals surface area contributed by atoms with Crippen molar-refractivity contribution >= 4 is 5.91 Å². The molecule has 2 atom stereocenters. The molecule has 0 unspecified atom stereocenters. The number of hydrogen-bond acceptors (Lipinski definition) is 3. The fraction of sp³-hybridized carbons (Fsp3) is 0.316. The highest BCUT2D eigenvalue weighted by Gasteiger charge is 2.19. The Hall–Kier alpha value is -2.33. The molecule has 0 spiro atoms. The van der Waals surface area contributed by atoms with Crippen LogP contribution in [0.3, 0.4) is 0 Å². The molecule has 0 aromatic heterocycles. The molecule has 0 bridgehead atoms. The third kappa shape index (κ3) is 5.11. The number of rotatable bonds is 8. The van der Waals surface area contributed by atoms with Crippen molar-refractivity contribution in [2.24, 2.45) is 5.73 Å². The Morgan fingerprint density at radius 3 is 2.35 bits per heavy atom. The molecule has 4 heteroatoms. The van der Waals surface area contributed by atoms with Gasteiger partial charge in [-0.15, -0.1) is 0 Å². The van der Waals surface area contributed by atoms with Crippen LogP contribution < -0.4 is 15.8 Å². The number of carbonyl (C=O) groups excluding carboxylic acids is 1. The van der Waals surface area contributed by atoms with Gasteiger partial charge in [0.1, 0.15) is 11.8 Å². The molecule has 2 aromatic carbocycles. The maximum absolute atomic E-state index is 11.7. The third-order valence-electron chi connectivity index (χ3n) is 3.89. The second-order valence-corrected chi connectivity index (χ2v) is 5.70. The van der Waals surface area contributed by atoms with Gasteiger partial charge in [0.05, 0.1) is 7.11 Å². The molecule has 1 amide bonds. The van der Waals surface area contributed by atoms with E-state index >= 15 is 0 Å². The monoisotopic (exact) mass is 312 g/mol. The predicted octanol–water partition coefficient (Wildman–Crippen LogP) is 2.83. The van der Waals surface area contributed by atoms with Crippen molar-refractivity contribution in [2.75, 3.05) is 7.11 Å². The van der Waals surface area contributed by atoms with Crippen molar-refractivity contribution in [3.63, 3.8) is 0 Å². The van der Waals surface area contributed by atoms with Crippen LogP contribution in [0.2, 0.25) is 0 Å². The van der Waals surface area contributed by atoms with Gasteiger partial charge in [0, 0.05) is 6.04 Å². The second-order valence-electron chi connectivity index (χ2n) is 5.70. The number of nitrogens with one attached hydrogen (secondary N) is 1. The molecule has 3 N–H and O–H groups in total. The Morgan fingerprint density at radius 1 is 1.13 bits per heavy atom. The highest BCUT2D eigenvalue weighted by Crippen LogP contribution is 2.16. The quantitative estimate of drug-likeness (QED) is 0.788. The number of benzene rings is 2. The smallest absolute Gasteiger partial charge is 0.239 e. The summed E-state index contributed by atoms with van der Waals surface area (Å²) in [7, 11) is 1.66. The van der Waals surface area contributed by atoms with E-state index in [0.717, 1.165) is 24.2 Å². The first-order chi connectivity index (χ1) is 11.1. The molecular weight excluding hydrogens is 288 g/mol. The van der Waals surface area contributed by atoms with Crippen molar-refractivity contribution in [2.45, 2.75) is 31.8 Å². The number of amides is 1. The molecule has 0 aliphatic rings. The Kier molecular flexibility index (Phi) is 6.18. The number of methoxy groups -OCH3 is 1. The molecule has 2 rings (SSSR count). The number of nitrogens with two attached hydrogens (primary N) is 1. The van der Waals surface area contributed by atoms with Gasteiger partial charge in [-0.25, -0.2) is 0 Å². The number of hydrogen-bond donors (Lipinski definition) is 2. The third-order valence-corrected chi connectivity index (χ3v) is 3.89. The van der Waals surface area contributed by atoms with Crippen molar-refractivity contribution in [1.82, 2.24) is 5.32 Å². The summed E-state index contributed by atoms with van der Waals surface area (Å²) in [5, 5.41) is 3.33. The van der Waals surface area contributed by atoms with Crippen LogP contribution in [0.4, 0.5) is 0 Å². The minimum atomic E-state index is -0.456. The first kappa shape index (κ1) is 17.0. The fourth-order valence-electron chi connectivity index (χ4n) is 2.53. The van der Waals surface area contributed by atoms with Gasteiger partial charge in [-0.3, -0.25) is 10.1 Å². The molecular formula is C19H24N2O2. The Morgan fingerprint density at radius 2 is 1.78 bits per heavy atom. The largest absolute Gasteiger partial charge is 0.497 e. The zero-order chi connectivity index (χ0) is 16.7. The summed E-state index contributed by atoms with van der Waals surface area (Å²) in [6.07, 6.45) is 1.85. The summed E-state index contributed by atoms with van der Waals surface area (Å²) in [6.45, 7) is 2.07. The molecule has 0 saturated heterocycles. The minimum absolute atomic E-state index is 0.176. The molecule has 23 heavy (non-hydrogen) atoms. The fourth-order valence-corrected chi connectivity index (χ4v) is 2.53. The van der Waals surface area contributed by atoms with Crippen LogP contribution in [0.1, 0.15) is 30.5 Å². The van der Waals surface area contributed by atoms with Gasteiger partial charge in [-0.05, 0) is 43.0 Å². The first-order valence-electron chi connectivity index (χ1n) is 7.83. The van der Waals surface area contributed by atoms with Crippen molar-refractivity contribution in [3.8, 4) is 5.75 Å². The molecule has 0 heterocycles. The van der Waals surface area contributed by atoms with Crippen LogP contribution in [0.15, 0.2) is 54.6 Å². The number of carbonyl (C=O) groups is 1. The van der Waals surface area contributed by atoms with Gasteiger partial charge >= 0.3 is 0 Å². The van der Waals surface area contributed by atoms with E-state index in [9.17, 15) is 4.79 Å². The Balaban J connectivity index is 1.91. The van der Waals surface area contributed by atoms with Gasteiger partial charge in [0.2, 0.25) is 5.91 Å². The highest BCUT2D eigenvalue weighted by molar-refractivity contribution is 5.81. The molecule has 0 aliphatic heterocycles. The zero-order valence-electron chi connectivity index (χ0n) is 13.7. The van der Waals surface area contributed by atoms with Gasteiger partial charge in [0.25, 0.3) is 0 Å². The Bertz CT molecular complexity index is 611. The molecule has 122 valence electrons. The van der Waals surface area contributed by atoms with Crippen LogP contribution in [0.5, 0.6) is 5.75 Å². The average Bonchev–Trinajstić information content (AvgIpc) is 2.58. The van der Waals surface area contributed by atoms with E-state index in [0.29, 0.717) is 0 Å². The molecule has 0 fully saturated rings. The first-order valence-corrected chi connectivity index (χ1v) is 7.83. The maximum atomic E-state index is 11.7. The highest BCUT2D eigenvalue weighted by atomic mass is 16.5. The van der Waals surface area contributed by atoms with Gasteiger partial charge < -0.3 is 10.5 Å². The molecule has 0 aliphatic carbocycles. The SMILES string of the molecule is COc1ccc(CC[C@@H](C)N[C@H](C(N)=O)c2ccccc2)cc1. The van der Waals surface area contributed by atoms with Gasteiger partial charge in [0.15, 0.2) is 0 Å².